The molecule has 5 rings (SSSR count). The van der Waals surface area contributed by atoms with Crippen LogP contribution in [0.15, 0.2) is 77.5 Å². The number of benzene rings is 2. The summed E-state index contributed by atoms with van der Waals surface area (Å²) in [6, 6.07) is 17.2. The number of amides is 1. The maximum atomic E-state index is 12.7. The van der Waals surface area contributed by atoms with Gasteiger partial charge in [-0.15, -0.1) is 21.5 Å². The number of pyridine rings is 1. The standard InChI is InChI=1S/C26H21ClN6OS2/c1-16-6-7-20(12-17(16)2)29-25(34)22-14-35-23(30-22)15-36-26-32-31-24(18-8-10-28-11-9-18)33(26)21-5-3-4-19(27)13-21/h3-14H,15H2,1-2H3,(H,29,34). The van der Waals surface area contributed by atoms with Gasteiger partial charge in [-0.25, -0.2) is 4.98 Å². The van der Waals surface area contributed by atoms with Gasteiger partial charge in [-0.3, -0.25) is 14.3 Å². The summed E-state index contributed by atoms with van der Waals surface area (Å²) in [7, 11) is 0. The van der Waals surface area contributed by atoms with E-state index < -0.39 is 0 Å². The molecule has 0 aliphatic carbocycles. The highest BCUT2D eigenvalue weighted by molar-refractivity contribution is 7.98. The van der Waals surface area contributed by atoms with E-state index in [2.05, 4.69) is 25.5 Å². The van der Waals surface area contributed by atoms with E-state index in [1.807, 2.05) is 73.0 Å². The molecule has 0 bridgehead atoms. The number of thioether (sulfide) groups is 1. The second-order valence-electron chi connectivity index (χ2n) is 8.03. The van der Waals surface area contributed by atoms with Crippen LogP contribution in [0.25, 0.3) is 17.1 Å². The monoisotopic (exact) mass is 532 g/mol. The maximum absolute atomic E-state index is 12.7. The highest BCUT2D eigenvalue weighted by Crippen LogP contribution is 2.31. The largest absolute Gasteiger partial charge is 0.321 e. The van der Waals surface area contributed by atoms with Crippen LogP contribution < -0.4 is 5.32 Å². The van der Waals surface area contributed by atoms with Crippen LogP contribution in [0.3, 0.4) is 0 Å². The summed E-state index contributed by atoms with van der Waals surface area (Å²) in [6.45, 7) is 4.06. The zero-order valence-electron chi connectivity index (χ0n) is 19.5. The Morgan fingerprint density at radius 3 is 2.67 bits per heavy atom. The van der Waals surface area contributed by atoms with E-state index in [-0.39, 0.29) is 5.91 Å². The number of halogens is 1. The summed E-state index contributed by atoms with van der Waals surface area (Å²) in [5.41, 5.74) is 5.20. The molecule has 0 radical (unpaired) electrons. The lowest BCUT2D eigenvalue weighted by molar-refractivity contribution is 0.102. The number of hydrogen-bond acceptors (Lipinski definition) is 7. The molecule has 2 aromatic carbocycles. The van der Waals surface area contributed by atoms with E-state index in [0.29, 0.717) is 27.5 Å². The van der Waals surface area contributed by atoms with E-state index in [1.54, 1.807) is 17.8 Å². The van der Waals surface area contributed by atoms with Crippen molar-refractivity contribution in [1.29, 1.82) is 0 Å². The third kappa shape index (κ3) is 5.33. The van der Waals surface area contributed by atoms with Gasteiger partial charge in [0, 0.05) is 34.0 Å². The van der Waals surface area contributed by atoms with Crippen molar-refractivity contribution in [3.63, 3.8) is 0 Å². The van der Waals surface area contributed by atoms with Crippen LogP contribution in [0.4, 0.5) is 5.69 Å². The lowest BCUT2D eigenvalue weighted by Crippen LogP contribution is -2.12. The molecule has 180 valence electrons. The molecule has 0 saturated carbocycles. The smallest absolute Gasteiger partial charge is 0.275 e. The van der Waals surface area contributed by atoms with Gasteiger partial charge in [0.2, 0.25) is 0 Å². The van der Waals surface area contributed by atoms with E-state index in [4.69, 9.17) is 11.6 Å². The highest BCUT2D eigenvalue weighted by Gasteiger charge is 2.18. The molecule has 36 heavy (non-hydrogen) atoms. The third-order valence-electron chi connectivity index (χ3n) is 5.51. The summed E-state index contributed by atoms with van der Waals surface area (Å²) in [6.07, 6.45) is 3.44. The predicted molar refractivity (Wildman–Crippen MR) is 145 cm³/mol. The number of carbonyl (C=O) groups is 1. The minimum atomic E-state index is -0.229. The van der Waals surface area contributed by atoms with Gasteiger partial charge in [0.25, 0.3) is 5.91 Å². The predicted octanol–water partition coefficient (Wildman–Crippen LogP) is 6.60. The van der Waals surface area contributed by atoms with Gasteiger partial charge in [0.15, 0.2) is 11.0 Å². The fourth-order valence-electron chi connectivity index (χ4n) is 3.52. The Kier molecular flexibility index (Phi) is 7.13. The summed E-state index contributed by atoms with van der Waals surface area (Å²) in [4.78, 5) is 21.4. The first-order valence-electron chi connectivity index (χ1n) is 11.1. The molecule has 1 amide bonds. The summed E-state index contributed by atoms with van der Waals surface area (Å²) < 4.78 is 1.97. The van der Waals surface area contributed by atoms with Gasteiger partial charge in [-0.05, 0) is 67.4 Å². The number of carbonyl (C=O) groups excluding carboxylic acids is 1. The SMILES string of the molecule is Cc1ccc(NC(=O)c2csc(CSc3nnc(-c4ccncc4)n3-c3cccc(Cl)c3)n2)cc1C. The number of aryl methyl sites for hydroxylation is 2. The van der Waals surface area contributed by atoms with Gasteiger partial charge < -0.3 is 5.32 Å². The molecule has 0 aliphatic heterocycles. The first-order valence-corrected chi connectivity index (χ1v) is 13.3. The van der Waals surface area contributed by atoms with Gasteiger partial charge in [-0.2, -0.15) is 0 Å². The second kappa shape index (κ2) is 10.6. The maximum Gasteiger partial charge on any atom is 0.275 e. The van der Waals surface area contributed by atoms with Crippen molar-refractivity contribution in [2.75, 3.05) is 5.32 Å². The molecule has 5 aromatic rings. The lowest BCUT2D eigenvalue weighted by atomic mass is 10.1. The fraction of sp³-hybridized carbons (Fsp3) is 0.115. The molecule has 3 aromatic heterocycles. The van der Waals surface area contributed by atoms with Crippen molar-refractivity contribution < 1.29 is 4.79 Å². The van der Waals surface area contributed by atoms with Crippen molar-refractivity contribution in [3.05, 3.63) is 99.2 Å². The average Bonchev–Trinajstić information content (AvgIpc) is 3.53. The molecule has 0 aliphatic rings. The number of aromatic nitrogens is 5. The molecule has 10 heteroatoms. The Labute approximate surface area is 221 Å². The molecule has 0 spiro atoms. The van der Waals surface area contributed by atoms with E-state index in [1.165, 1.54) is 28.7 Å². The van der Waals surface area contributed by atoms with Crippen LogP contribution >= 0.6 is 34.7 Å². The normalized spacial score (nSPS) is 11.0. The van der Waals surface area contributed by atoms with Crippen molar-refractivity contribution >= 4 is 46.3 Å². The lowest BCUT2D eigenvalue weighted by Gasteiger charge is -2.10. The van der Waals surface area contributed by atoms with Crippen LogP contribution in [0.2, 0.25) is 5.02 Å². The Morgan fingerprint density at radius 2 is 1.89 bits per heavy atom. The zero-order valence-corrected chi connectivity index (χ0v) is 21.9. The first-order chi connectivity index (χ1) is 17.5. The Hall–Kier alpha value is -3.53. The first kappa shape index (κ1) is 24.2. The van der Waals surface area contributed by atoms with Crippen LogP contribution in [0.1, 0.15) is 26.6 Å². The van der Waals surface area contributed by atoms with Crippen LogP contribution in [-0.4, -0.2) is 30.6 Å². The Bertz CT molecular complexity index is 1530. The van der Waals surface area contributed by atoms with Gasteiger partial charge in [0.05, 0.1) is 11.4 Å². The quantitative estimate of drug-likeness (QED) is 0.238. The van der Waals surface area contributed by atoms with Crippen LogP contribution in [0.5, 0.6) is 0 Å². The van der Waals surface area contributed by atoms with Gasteiger partial charge in [-0.1, -0.05) is 35.5 Å². The zero-order chi connectivity index (χ0) is 25.1. The number of hydrogen-bond donors (Lipinski definition) is 1. The molecule has 1 N–H and O–H groups in total. The molecule has 0 atom stereocenters. The number of nitrogens with one attached hydrogen (secondary N) is 1. The number of nitrogens with zero attached hydrogens (tertiary/aromatic N) is 5. The van der Waals surface area contributed by atoms with E-state index >= 15 is 0 Å². The summed E-state index contributed by atoms with van der Waals surface area (Å²) in [5.74, 6) is 0.999. The molecule has 0 fully saturated rings. The molecule has 0 unspecified atom stereocenters. The summed E-state index contributed by atoms with van der Waals surface area (Å²) in [5, 5.41) is 15.7. The van der Waals surface area contributed by atoms with Crippen LogP contribution in [0, 0.1) is 13.8 Å². The van der Waals surface area contributed by atoms with Crippen LogP contribution in [-0.2, 0) is 5.75 Å². The van der Waals surface area contributed by atoms with Gasteiger partial charge in [0.1, 0.15) is 10.7 Å². The molecule has 3 heterocycles. The number of thiazole rings is 1. The van der Waals surface area contributed by atoms with Crippen molar-refractivity contribution in [2.45, 2.75) is 24.8 Å². The van der Waals surface area contributed by atoms with E-state index in [0.717, 1.165) is 27.5 Å². The minimum absolute atomic E-state index is 0.229. The van der Waals surface area contributed by atoms with Crippen molar-refractivity contribution in [3.8, 4) is 17.1 Å². The Balaban J connectivity index is 1.35. The minimum Gasteiger partial charge on any atom is -0.321 e. The van der Waals surface area contributed by atoms with Crippen molar-refractivity contribution in [1.82, 2.24) is 24.7 Å². The van der Waals surface area contributed by atoms with Gasteiger partial charge >= 0.3 is 0 Å². The third-order valence-corrected chi connectivity index (χ3v) is 7.72. The van der Waals surface area contributed by atoms with Crippen molar-refractivity contribution in [2.24, 2.45) is 0 Å². The summed E-state index contributed by atoms with van der Waals surface area (Å²) >= 11 is 9.21. The van der Waals surface area contributed by atoms with E-state index in [9.17, 15) is 4.79 Å². The highest BCUT2D eigenvalue weighted by atomic mass is 35.5. The molecule has 0 saturated heterocycles. The number of rotatable bonds is 7. The topological polar surface area (TPSA) is 85.6 Å². The Morgan fingerprint density at radius 1 is 1.06 bits per heavy atom. The molecule has 7 nitrogen and oxygen atoms in total. The molecular weight excluding hydrogens is 512 g/mol. The molecular formula is C26H21ClN6OS2. The average molecular weight is 533 g/mol. The second-order valence-corrected chi connectivity index (χ2v) is 10.3. The number of anilines is 1. The fourth-order valence-corrected chi connectivity index (χ4v) is 5.45.